The van der Waals surface area contributed by atoms with Crippen LogP contribution in [0.25, 0.3) is 0 Å². The zero-order chi connectivity index (χ0) is 18.8. The summed E-state index contributed by atoms with van der Waals surface area (Å²) < 4.78 is 46.5. The van der Waals surface area contributed by atoms with E-state index in [4.69, 9.17) is 21.1 Å². The number of esters is 2. The van der Waals surface area contributed by atoms with E-state index in [1.807, 2.05) is 0 Å². The fraction of sp³-hybridized carbons (Fsp3) is 0.286. The molecule has 136 valence electrons. The van der Waals surface area contributed by atoms with Crippen molar-refractivity contribution in [2.45, 2.75) is 4.90 Å². The highest BCUT2D eigenvalue weighted by molar-refractivity contribution is 7.85. The van der Waals surface area contributed by atoms with Crippen LogP contribution in [0.3, 0.4) is 0 Å². The minimum Gasteiger partial charge on any atom is -0.466 e. The average Bonchev–Trinajstić information content (AvgIpc) is 2.59. The Morgan fingerprint density at radius 3 is 2.44 bits per heavy atom. The summed E-state index contributed by atoms with van der Waals surface area (Å²) in [7, 11) is -2.26. The third-order valence-electron chi connectivity index (χ3n) is 3.34. The van der Waals surface area contributed by atoms with Crippen molar-refractivity contribution in [1.29, 1.82) is 0 Å². The zero-order valence-corrected chi connectivity index (χ0v) is 14.8. The molecule has 0 atom stereocenters. The molecule has 11 heteroatoms. The first-order valence-corrected chi connectivity index (χ1v) is 8.54. The van der Waals surface area contributed by atoms with Crippen LogP contribution in [0.5, 0.6) is 0 Å². The van der Waals surface area contributed by atoms with Crippen LogP contribution < -0.4 is 4.90 Å². The molecule has 0 amide bonds. The zero-order valence-electron chi connectivity index (χ0n) is 13.2. The van der Waals surface area contributed by atoms with E-state index < -0.39 is 27.0 Å². The highest BCUT2D eigenvalue weighted by atomic mass is 35.5. The second-order valence-electron chi connectivity index (χ2n) is 4.80. The van der Waals surface area contributed by atoms with Crippen molar-refractivity contribution in [3.63, 3.8) is 0 Å². The van der Waals surface area contributed by atoms with Crippen LogP contribution in [0.1, 0.15) is 0 Å². The Hall–Kier alpha value is -2.14. The van der Waals surface area contributed by atoms with E-state index in [-0.39, 0.29) is 35.3 Å². The average molecular weight is 392 g/mol. The van der Waals surface area contributed by atoms with Crippen LogP contribution in [0.4, 0.5) is 5.69 Å². The number of anilines is 1. The molecule has 2 rings (SSSR count). The minimum atomic E-state index is -4.51. The standard InChI is InChI=1S/C14H14ClNO8S/c1-22-13(17)9-6-24-7-16(12(9)14(18)23-2)11-5-8(25(19,20)21)3-4-10(11)15/h3-5H,6-7H2,1-2H3,(H,19,20,21). The van der Waals surface area contributed by atoms with Gasteiger partial charge in [-0.2, -0.15) is 8.42 Å². The van der Waals surface area contributed by atoms with Crippen LogP contribution in [-0.4, -0.2) is 52.5 Å². The maximum absolute atomic E-state index is 12.2. The number of halogens is 1. The Kier molecular flexibility index (Phi) is 5.68. The summed E-state index contributed by atoms with van der Waals surface area (Å²) in [6.45, 7) is -0.414. The molecule has 0 fully saturated rings. The molecule has 0 aromatic heterocycles. The highest BCUT2D eigenvalue weighted by Gasteiger charge is 2.33. The van der Waals surface area contributed by atoms with Gasteiger partial charge in [-0.25, -0.2) is 9.59 Å². The molecule has 0 spiro atoms. The first kappa shape index (κ1) is 19.2. The molecule has 1 aromatic rings. The van der Waals surface area contributed by atoms with Crippen LogP contribution in [0, 0.1) is 0 Å². The summed E-state index contributed by atoms with van der Waals surface area (Å²) in [6, 6.07) is 3.36. The Bertz CT molecular complexity index is 848. The SMILES string of the molecule is COC(=O)C1=C(C(=O)OC)N(c2cc(S(=O)(=O)O)ccc2Cl)COC1. The summed E-state index contributed by atoms with van der Waals surface area (Å²) in [5.41, 5.74) is -0.290. The van der Waals surface area contributed by atoms with Gasteiger partial charge in [-0.1, -0.05) is 11.6 Å². The Morgan fingerprint density at radius 2 is 1.88 bits per heavy atom. The van der Waals surface area contributed by atoms with Gasteiger partial charge in [0.25, 0.3) is 10.1 Å². The van der Waals surface area contributed by atoms with Gasteiger partial charge in [-0.05, 0) is 18.2 Å². The van der Waals surface area contributed by atoms with Gasteiger partial charge in [0.05, 0.1) is 42.0 Å². The number of methoxy groups -OCH3 is 2. The lowest BCUT2D eigenvalue weighted by Crippen LogP contribution is -2.39. The first-order chi connectivity index (χ1) is 11.7. The highest BCUT2D eigenvalue weighted by Crippen LogP contribution is 2.34. The lowest BCUT2D eigenvalue weighted by Gasteiger charge is -2.31. The van der Waals surface area contributed by atoms with Crippen molar-refractivity contribution >= 4 is 39.3 Å². The molecule has 25 heavy (non-hydrogen) atoms. The second-order valence-corrected chi connectivity index (χ2v) is 6.63. The number of carbonyl (C=O) groups is 2. The van der Waals surface area contributed by atoms with Gasteiger partial charge in [0.15, 0.2) is 0 Å². The molecule has 9 nitrogen and oxygen atoms in total. The lowest BCUT2D eigenvalue weighted by molar-refractivity contribution is -0.140. The van der Waals surface area contributed by atoms with Crippen LogP contribution in [0.2, 0.25) is 5.02 Å². The van der Waals surface area contributed by atoms with E-state index in [0.29, 0.717) is 0 Å². The van der Waals surface area contributed by atoms with Crippen molar-refractivity contribution in [2.75, 3.05) is 32.5 Å². The van der Waals surface area contributed by atoms with E-state index in [2.05, 4.69) is 4.74 Å². The minimum absolute atomic E-state index is 0.0262. The molecule has 1 aliphatic heterocycles. The Morgan fingerprint density at radius 1 is 1.24 bits per heavy atom. The lowest BCUT2D eigenvalue weighted by atomic mass is 10.1. The van der Waals surface area contributed by atoms with Gasteiger partial charge < -0.3 is 19.1 Å². The third kappa shape index (κ3) is 3.93. The van der Waals surface area contributed by atoms with Gasteiger partial charge in [0, 0.05) is 0 Å². The largest absolute Gasteiger partial charge is 0.466 e. The molecule has 0 saturated heterocycles. The molecule has 0 unspecified atom stereocenters. The van der Waals surface area contributed by atoms with Crippen molar-refractivity contribution in [3.05, 3.63) is 34.5 Å². The summed E-state index contributed by atoms with van der Waals surface area (Å²) >= 11 is 6.09. The van der Waals surface area contributed by atoms with E-state index in [9.17, 15) is 22.6 Å². The maximum Gasteiger partial charge on any atom is 0.355 e. The number of ether oxygens (including phenoxy) is 3. The van der Waals surface area contributed by atoms with E-state index in [1.54, 1.807) is 0 Å². The molecule has 0 bridgehead atoms. The van der Waals surface area contributed by atoms with Crippen molar-refractivity contribution < 1.29 is 36.8 Å². The molecule has 1 aliphatic rings. The van der Waals surface area contributed by atoms with Crippen molar-refractivity contribution in [3.8, 4) is 0 Å². The fourth-order valence-corrected chi connectivity index (χ4v) is 2.91. The quantitative estimate of drug-likeness (QED) is 0.591. The summed E-state index contributed by atoms with van der Waals surface area (Å²) in [5, 5.41) is 0.0588. The number of nitrogens with zero attached hydrogens (tertiary/aromatic N) is 1. The van der Waals surface area contributed by atoms with Crippen molar-refractivity contribution in [2.24, 2.45) is 0 Å². The monoisotopic (exact) mass is 391 g/mol. The second kappa shape index (κ2) is 7.40. The van der Waals surface area contributed by atoms with Gasteiger partial charge in [0.1, 0.15) is 12.4 Å². The number of hydrogen-bond acceptors (Lipinski definition) is 8. The topological polar surface area (TPSA) is 119 Å². The van der Waals surface area contributed by atoms with E-state index in [1.165, 1.54) is 11.0 Å². The van der Waals surface area contributed by atoms with Gasteiger partial charge in [0.2, 0.25) is 0 Å². The molecule has 1 N–H and O–H groups in total. The molecule has 0 radical (unpaired) electrons. The van der Waals surface area contributed by atoms with Gasteiger partial charge >= 0.3 is 11.9 Å². The van der Waals surface area contributed by atoms with E-state index in [0.717, 1.165) is 26.4 Å². The predicted molar refractivity (Wildman–Crippen MR) is 85.6 cm³/mol. The summed E-state index contributed by atoms with van der Waals surface area (Å²) in [4.78, 5) is 24.8. The molecular weight excluding hydrogens is 378 g/mol. The molecule has 1 aromatic carbocycles. The first-order valence-electron chi connectivity index (χ1n) is 6.72. The normalized spacial score (nSPS) is 15.1. The van der Waals surface area contributed by atoms with Gasteiger partial charge in [-0.15, -0.1) is 0 Å². The smallest absolute Gasteiger partial charge is 0.355 e. The van der Waals surface area contributed by atoms with Crippen LogP contribution in [-0.2, 0) is 33.9 Å². The Labute approximate surface area is 148 Å². The van der Waals surface area contributed by atoms with Gasteiger partial charge in [-0.3, -0.25) is 4.55 Å². The Balaban J connectivity index is 2.67. The molecule has 1 heterocycles. The number of rotatable bonds is 4. The van der Waals surface area contributed by atoms with Crippen LogP contribution in [0.15, 0.2) is 34.4 Å². The summed E-state index contributed by atoms with van der Waals surface area (Å²) in [5.74, 6) is -1.68. The molecule has 0 aliphatic carbocycles. The molecular formula is C14H14ClNO8S. The fourth-order valence-electron chi connectivity index (χ4n) is 2.19. The third-order valence-corrected chi connectivity index (χ3v) is 4.51. The maximum atomic E-state index is 12.2. The predicted octanol–water partition coefficient (Wildman–Crippen LogP) is 0.981. The summed E-state index contributed by atoms with van der Waals surface area (Å²) in [6.07, 6.45) is 0. The number of carbonyl (C=O) groups excluding carboxylic acids is 2. The van der Waals surface area contributed by atoms with Crippen molar-refractivity contribution in [1.82, 2.24) is 0 Å². The molecule has 0 saturated carbocycles. The number of benzene rings is 1. The number of hydrogen-bond donors (Lipinski definition) is 1. The van der Waals surface area contributed by atoms with E-state index >= 15 is 0 Å². The van der Waals surface area contributed by atoms with Crippen LogP contribution >= 0.6 is 11.6 Å².